The van der Waals surface area contributed by atoms with Gasteiger partial charge in [-0.15, -0.1) is 0 Å². The van der Waals surface area contributed by atoms with E-state index in [1.54, 1.807) is 18.7 Å². The fourth-order valence-corrected chi connectivity index (χ4v) is 3.76. The van der Waals surface area contributed by atoms with E-state index in [0.29, 0.717) is 32.0 Å². The number of ether oxygens (including phenoxy) is 1. The molecule has 0 radical (unpaired) electrons. The molecule has 0 aliphatic carbocycles. The molecule has 0 bridgehead atoms. The third-order valence-electron chi connectivity index (χ3n) is 5.41. The van der Waals surface area contributed by atoms with Crippen LogP contribution in [0, 0.1) is 6.92 Å². The smallest absolute Gasteiger partial charge is 0.378 e. The standard InChI is InChI=1S/C22H21F3N4O4/c1-12-18-15(19(30)26-13(2)21(31)29-7-9-32-10-8-29)11-17(27-20(18)33-28-12)14-5-3-4-6-16(14)22(23,24)25/h3-6,11,13H,7-10H2,1-2H3,(H,26,30). The zero-order valence-electron chi connectivity index (χ0n) is 17.9. The lowest BCUT2D eigenvalue weighted by Gasteiger charge is -2.29. The lowest BCUT2D eigenvalue weighted by molar-refractivity contribution is -0.137. The number of pyridine rings is 1. The summed E-state index contributed by atoms with van der Waals surface area (Å²) >= 11 is 0. The van der Waals surface area contributed by atoms with Crippen molar-refractivity contribution < 1.29 is 32.0 Å². The van der Waals surface area contributed by atoms with Crippen molar-refractivity contribution in [2.45, 2.75) is 26.1 Å². The van der Waals surface area contributed by atoms with E-state index in [1.165, 1.54) is 24.3 Å². The van der Waals surface area contributed by atoms with Crippen molar-refractivity contribution >= 4 is 22.9 Å². The number of rotatable bonds is 4. The van der Waals surface area contributed by atoms with E-state index in [0.717, 1.165) is 6.07 Å². The zero-order valence-corrected chi connectivity index (χ0v) is 17.9. The van der Waals surface area contributed by atoms with Gasteiger partial charge in [0.25, 0.3) is 11.6 Å². The molecule has 2 amide bonds. The number of nitrogens with zero attached hydrogens (tertiary/aromatic N) is 3. The van der Waals surface area contributed by atoms with Crippen molar-refractivity contribution in [1.29, 1.82) is 0 Å². The fourth-order valence-electron chi connectivity index (χ4n) is 3.76. The number of alkyl halides is 3. The third-order valence-corrected chi connectivity index (χ3v) is 5.41. The molecule has 4 rings (SSSR count). The van der Waals surface area contributed by atoms with Crippen LogP contribution in [0.1, 0.15) is 28.5 Å². The maximum Gasteiger partial charge on any atom is 0.417 e. The van der Waals surface area contributed by atoms with Gasteiger partial charge < -0.3 is 19.5 Å². The van der Waals surface area contributed by atoms with Crippen LogP contribution in [0.4, 0.5) is 13.2 Å². The second kappa shape index (κ2) is 8.81. The van der Waals surface area contributed by atoms with Gasteiger partial charge in [-0.25, -0.2) is 4.98 Å². The first-order valence-electron chi connectivity index (χ1n) is 10.3. The fraction of sp³-hybridized carbons (Fsp3) is 0.364. The molecule has 174 valence electrons. The van der Waals surface area contributed by atoms with Crippen molar-refractivity contribution in [2.75, 3.05) is 26.3 Å². The number of aromatic nitrogens is 2. The van der Waals surface area contributed by atoms with Gasteiger partial charge in [0, 0.05) is 18.7 Å². The summed E-state index contributed by atoms with van der Waals surface area (Å²) in [5, 5.41) is 6.71. The van der Waals surface area contributed by atoms with Gasteiger partial charge in [0.05, 0.1) is 41.1 Å². The van der Waals surface area contributed by atoms with E-state index in [1.807, 2.05) is 0 Å². The Kier molecular flexibility index (Phi) is 6.07. The molecule has 1 atom stereocenters. The molecule has 0 spiro atoms. The molecule has 1 aliphatic heterocycles. The molecule has 1 unspecified atom stereocenters. The minimum Gasteiger partial charge on any atom is -0.378 e. The molecule has 1 saturated heterocycles. The summed E-state index contributed by atoms with van der Waals surface area (Å²) in [5.41, 5.74) is -0.885. The van der Waals surface area contributed by atoms with Crippen molar-refractivity contribution in [3.63, 3.8) is 0 Å². The molecule has 11 heteroatoms. The van der Waals surface area contributed by atoms with E-state index in [2.05, 4.69) is 15.5 Å². The van der Waals surface area contributed by atoms with Crippen LogP contribution in [0.25, 0.3) is 22.4 Å². The number of carbonyl (C=O) groups is 2. The van der Waals surface area contributed by atoms with Crippen LogP contribution in [-0.2, 0) is 15.7 Å². The molecule has 3 aromatic rings. The number of halogens is 3. The topological polar surface area (TPSA) is 97.6 Å². The second-order valence-corrected chi connectivity index (χ2v) is 7.68. The van der Waals surface area contributed by atoms with Crippen LogP contribution >= 0.6 is 0 Å². The number of aryl methyl sites for hydroxylation is 1. The first-order chi connectivity index (χ1) is 15.7. The van der Waals surface area contributed by atoms with Gasteiger partial charge in [-0.1, -0.05) is 23.4 Å². The number of fused-ring (bicyclic) bond motifs is 1. The van der Waals surface area contributed by atoms with Crippen molar-refractivity contribution in [3.8, 4) is 11.3 Å². The first kappa shape index (κ1) is 22.7. The quantitative estimate of drug-likeness (QED) is 0.640. The van der Waals surface area contributed by atoms with Crippen LogP contribution in [0.3, 0.4) is 0 Å². The summed E-state index contributed by atoms with van der Waals surface area (Å²) in [5.74, 6) is -0.921. The Hall–Kier alpha value is -3.47. The number of morpholine rings is 1. The average Bonchev–Trinajstić information content (AvgIpc) is 3.18. The monoisotopic (exact) mass is 462 g/mol. The molecule has 1 aliphatic rings. The lowest BCUT2D eigenvalue weighted by Crippen LogP contribution is -2.50. The van der Waals surface area contributed by atoms with Gasteiger partial charge >= 0.3 is 6.18 Å². The summed E-state index contributed by atoms with van der Waals surface area (Å²) in [6.45, 7) is 4.81. The summed E-state index contributed by atoms with van der Waals surface area (Å²) in [6, 6.07) is 5.34. The molecular weight excluding hydrogens is 441 g/mol. The zero-order chi connectivity index (χ0) is 23.8. The molecular formula is C22H21F3N4O4. The average molecular weight is 462 g/mol. The van der Waals surface area contributed by atoms with Gasteiger partial charge in [0.1, 0.15) is 6.04 Å². The minimum absolute atomic E-state index is 0.0207. The molecule has 1 aromatic carbocycles. The van der Waals surface area contributed by atoms with Crippen molar-refractivity contribution in [1.82, 2.24) is 20.4 Å². The lowest BCUT2D eigenvalue weighted by atomic mass is 10.0. The largest absolute Gasteiger partial charge is 0.417 e. The van der Waals surface area contributed by atoms with Crippen LogP contribution < -0.4 is 5.32 Å². The third kappa shape index (κ3) is 4.54. The molecule has 33 heavy (non-hydrogen) atoms. The van der Waals surface area contributed by atoms with Gasteiger partial charge in [-0.3, -0.25) is 9.59 Å². The van der Waals surface area contributed by atoms with Crippen LogP contribution in [0.2, 0.25) is 0 Å². The van der Waals surface area contributed by atoms with Crippen LogP contribution in [0.5, 0.6) is 0 Å². The maximum atomic E-state index is 13.6. The number of hydrogen-bond acceptors (Lipinski definition) is 6. The number of benzene rings is 1. The van der Waals surface area contributed by atoms with E-state index in [9.17, 15) is 22.8 Å². The predicted molar refractivity (Wildman–Crippen MR) is 111 cm³/mol. The van der Waals surface area contributed by atoms with Crippen molar-refractivity contribution in [3.05, 3.63) is 47.2 Å². The molecule has 3 heterocycles. The molecule has 2 aromatic heterocycles. The molecule has 8 nitrogen and oxygen atoms in total. The van der Waals surface area contributed by atoms with Gasteiger partial charge in [-0.05, 0) is 26.0 Å². The summed E-state index contributed by atoms with van der Waals surface area (Å²) < 4.78 is 51.1. The summed E-state index contributed by atoms with van der Waals surface area (Å²) in [4.78, 5) is 31.6. The number of amides is 2. The highest BCUT2D eigenvalue weighted by Gasteiger charge is 2.34. The van der Waals surface area contributed by atoms with E-state index in [-0.39, 0.29) is 33.8 Å². The SMILES string of the molecule is Cc1noc2nc(-c3ccccc3C(F)(F)F)cc(C(=O)NC(C)C(=O)N3CCOCC3)c12. The van der Waals surface area contributed by atoms with Crippen LogP contribution in [0.15, 0.2) is 34.9 Å². The Morgan fingerprint density at radius 2 is 1.88 bits per heavy atom. The summed E-state index contributed by atoms with van der Waals surface area (Å²) in [7, 11) is 0. The Bertz CT molecular complexity index is 1200. The van der Waals surface area contributed by atoms with Crippen molar-refractivity contribution in [2.24, 2.45) is 0 Å². The Balaban J connectivity index is 1.71. The van der Waals surface area contributed by atoms with Gasteiger partial charge in [0.15, 0.2) is 0 Å². The molecule has 0 saturated carbocycles. The molecule has 1 N–H and O–H groups in total. The Morgan fingerprint density at radius 1 is 1.18 bits per heavy atom. The predicted octanol–water partition coefficient (Wildman–Crippen LogP) is 3.19. The first-order valence-corrected chi connectivity index (χ1v) is 10.3. The highest BCUT2D eigenvalue weighted by molar-refractivity contribution is 6.08. The summed E-state index contributed by atoms with van der Waals surface area (Å²) in [6.07, 6.45) is -4.62. The van der Waals surface area contributed by atoms with E-state index in [4.69, 9.17) is 9.26 Å². The van der Waals surface area contributed by atoms with Gasteiger partial charge in [0.2, 0.25) is 5.91 Å². The van der Waals surface area contributed by atoms with E-state index >= 15 is 0 Å². The highest BCUT2D eigenvalue weighted by Crippen LogP contribution is 2.37. The highest BCUT2D eigenvalue weighted by atomic mass is 19.4. The Morgan fingerprint density at radius 3 is 2.58 bits per heavy atom. The number of carbonyl (C=O) groups excluding carboxylic acids is 2. The number of nitrogens with one attached hydrogen (secondary N) is 1. The molecule has 1 fully saturated rings. The second-order valence-electron chi connectivity index (χ2n) is 7.68. The minimum atomic E-state index is -4.62. The van der Waals surface area contributed by atoms with Crippen LogP contribution in [-0.4, -0.2) is 59.2 Å². The normalized spacial score (nSPS) is 15.5. The van der Waals surface area contributed by atoms with E-state index < -0.39 is 23.7 Å². The number of hydrogen-bond donors (Lipinski definition) is 1. The van der Waals surface area contributed by atoms with Gasteiger partial charge in [-0.2, -0.15) is 13.2 Å². The Labute approximate surface area is 186 Å². The maximum absolute atomic E-state index is 13.6.